The highest BCUT2D eigenvalue weighted by molar-refractivity contribution is 6.21. The third-order valence-electron chi connectivity index (χ3n) is 5.84. The lowest BCUT2D eigenvalue weighted by Gasteiger charge is -2.25. The Morgan fingerprint density at radius 3 is 2.71 bits per heavy atom. The van der Waals surface area contributed by atoms with E-state index in [4.69, 9.17) is 9.15 Å². The number of aromatic nitrogens is 1. The number of carbonyl (C=O) groups is 1. The van der Waals surface area contributed by atoms with Gasteiger partial charge in [0.1, 0.15) is 11.9 Å². The van der Waals surface area contributed by atoms with Crippen molar-refractivity contribution in [1.82, 2.24) is 4.98 Å². The molecule has 0 bridgehead atoms. The summed E-state index contributed by atoms with van der Waals surface area (Å²) in [5.41, 5.74) is 1.71. The van der Waals surface area contributed by atoms with Gasteiger partial charge in [0.2, 0.25) is 5.88 Å². The van der Waals surface area contributed by atoms with Crippen LogP contribution in [-0.4, -0.2) is 39.6 Å². The third kappa shape index (κ3) is 4.42. The molecule has 0 unspecified atom stereocenters. The normalized spacial score (nSPS) is 20.4. The van der Waals surface area contributed by atoms with Gasteiger partial charge in [-0.1, -0.05) is 0 Å². The van der Waals surface area contributed by atoms with Crippen LogP contribution in [0.15, 0.2) is 52.0 Å². The predicted molar refractivity (Wildman–Crippen MR) is 124 cm³/mol. The number of pyridine rings is 1. The van der Waals surface area contributed by atoms with Crippen LogP contribution in [-0.2, 0) is 4.74 Å². The average molecular weight is 463 g/mol. The summed E-state index contributed by atoms with van der Waals surface area (Å²) in [6.07, 6.45) is 6.18. The van der Waals surface area contributed by atoms with Crippen molar-refractivity contribution in [3.63, 3.8) is 0 Å². The van der Waals surface area contributed by atoms with E-state index in [0.29, 0.717) is 42.8 Å². The fourth-order valence-electron chi connectivity index (χ4n) is 4.03. The molecule has 34 heavy (non-hydrogen) atoms. The van der Waals surface area contributed by atoms with Crippen molar-refractivity contribution >= 4 is 41.2 Å². The Bertz CT molecular complexity index is 1270. The molecule has 1 fully saturated rings. The summed E-state index contributed by atoms with van der Waals surface area (Å²) in [6.45, 7) is 0. The average Bonchev–Trinajstić information content (AvgIpc) is 3.38. The molecule has 2 aliphatic rings. The van der Waals surface area contributed by atoms with Gasteiger partial charge in [-0.25, -0.2) is 19.2 Å². The standard InChI is InChI=1S/C25H22FN3O5/c26-15-3-5-16(6-4-15)29-24-21(25(32)33-18-9-7-17(30)8-10-18)22(31)20(34-24)12-14-13-28-23-19(14)2-1-11-27-23/h1-6,11-13,17-18,29-31H,7-10H2. The van der Waals surface area contributed by atoms with Crippen molar-refractivity contribution < 1.29 is 28.6 Å². The van der Waals surface area contributed by atoms with Gasteiger partial charge < -0.3 is 24.7 Å². The number of furan rings is 1. The summed E-state index contributed by atoms with van der Waals surface area (Å²) in [6, 6.07) is 9.10. The molecule has 2 aromatic heterocycles. The number of allylic oxidation sites excluding steroid dienone is 1. The maximum Gasteiger partial charge on any atom is 0.347 e. The number of aliphatic imine (C=N–C) groups is 1. The molecule has 3 heterocycles. The predicted octanol–water partition coefficient (Wildman–Crippen LogP) is 4.98. The Hall–Kier alpha value is -3.98. The van der Waals surface area contributed by atoms with Gasteiger partial charge in [0.25, 0.3) is 0 Å². The van der Waals surface area contributed by atoms with E-state index in [1.807, 2.05) is 6.07 Å². The van der Waals surface area contributed by atoms with Crippen molar-refractivity contribution in [3.8, 4) is 5.75 Å². The molecule has 0 atom stereocenters. The first-order chi connectivity index (χ1) is 16.5. The summed E-state index contributed by atoms with van der Waals surface area (Å²) >= 11 is 0. The van der Waals surface area contributed by atoms with Crippen LogP contribution in [0.5, 0.6) is 5.75 Å². The number of halogens is 1. The summed E-state index contributed by atoms with van der Waals surface area (Å²) in [5, 5.41) is 23.6. The van der Waals surface area contributed by atoms with Crippen molar-refractivity contribution in [3.05, 3.63) is 65.3 Å². The minimum atomic E-state index is -0.751. The SMILES string of the molecule is O=C(OC1CCC(O)CC1)c1c(Nc2ccc(F)cc2)oc(C=C2C=Nc3ncccc32)c1O. The topological polar surface area (TPSA) is 117 Å². The summed E-state index contributed by atoms with van der Waals surface area (Å²) in [7, 11) is 0. The number of carbonyl (C=O) groups excluding carboxylic acids is 1. The molecular formula is C25H22FN3O5. The van der Waals surface area contributed by atoms with Gasteiger partial charge in [-0.15, -0.1) is 0 Å². The molecule has 1 aliphatic carbocycles. The number of aliphatic hydroxyl groups is 1. The van der Waals surface area contributed by atoms with Crippen molar-refractivity contribution in [2.45, 2.75) is 37.9 Å². The molecule has 0 radical (unpaired) electrons. The van der Waals surface area contributed by atoms with Gasteiger partial charge in [0, 0.05) is 29.2 Å². The van der Waals surface area contributed by atoms with Crippen LogP contribution in [0.2, 0.25) is 0 Å². The summed E-state index contributed by atoms with van der Waals surface area (Å²) in [4.78, 5) is 21.5. The lowest BCUT2D eigenvalue weighted by molar-refractivity contribution is 0.00445. The van der Waals surface area contributed by atoms with Crippen molar-refractivity contribution in [2.24, 2.45) is 4.99 Å². The third-order valence-corrected chi connectivity index (χ3v) is 5.84. The van der Waals surface area contributed by atoms with E-state index in [1.165, 1.54) is 24.3 Å². The van der Waals surface area contributed by atoms with Crippen molar-refractivity contribution in [1.29, 1.82) is 0 Å². The van der Waals surface area contributed by atoms with Gasteiger partial charge in [-0.3, -0.25) is 0 Å². The van der Waals surface area contributed by atoms with Crippen LogP contribution >= 0.6 is 0 Å². The molecule has 3 N–H and O–H groups in total. The quantitative estimate of drug-likeness (QED) is 0.457. The molecule has 0 amide bonds. The molecule has 8 nitrogen and oxygen atoms in total. The molecule has 174 valence electrons. The van der Waals surface area contributed by atoms with Crippen LogP contribution in [0, 0.1) is 5.82 Å². The number of nitrogens with one attached hydrogen (secondary N) is 1. The molecular weight excluding hydrogens is 441 g/mol. The van der Waals surface area contributed by atoms with E-state index in [2.05, 4.69) is 15.3 Å². The maximum absolute atomic E-state index is 13.3. The number of esters is 1. The lowest BCUT2D eigenvalue weighted by Crippen LogP contribution is -2.26. The second kappa shape index (κ2) is 9.11. The second-order valence-electron chi connectivity index (χ2n) is 8.22. The fraction of sp³-hybridized carbons (Fsp3) is 0.240. The van der Waals surface area contributed by atoms with E-state index < -0.39 is 17.9 Å². The number of benzene rings is 1. The van der Waals surface area contributed by atoms with Gasteiger partial charge >= 0.3 is 5.97 Å². The lowest BCUT2D eigenvalue weighted by atomic mass is 9.95. The van der Waals surface area contributed by atoms with E-state index >= 15 is 0 Å². The first-order valence-electron chi connectivity index (χ1n) is 11.0. The molecule has 9 heteroatoms. The molecule has 3 aromatic rings. The number of aromatic hydroxyl groups is 1. The number of aliphatic hydroxyl groups excluding tert-OH is 1. The Balaban J connectivity index is 1.49. The molecule has 1 saturated carbocycles. The van der Waals surface area contributed by atoms with E-state index in [9.17, 15) is 19.4 Å². The maximum atomic E-state index is 13.3. The summed E-state index contributed by atoms with van der Waals surface area (Å²) in [5.74, 6) is -0.997. The summed E-state index contributed by atoms with van der Waals surface area (Å²) < 4.78 is 24.8. The van der Waals surface area contributed by atoms with Gasteiger partial charge in [-0.05, 0) is 68.2 Å². The van der Waals surface area contributed by atoms with Crippen molar-refractivity contribution in [2.75, 3.05) is 5.32 Å². The van der Waals surface area contributed by atoms with E-state index in [1.54, 1.807) is 24.6 Å². The molecule has 5 rings (SSSR count). The Kier molecular flexibility index (Phi) is 5.85. The monoisotopic (exact) mass is 463 g/mol. The van der Waals surface area contributed by atoms with E-state index in [0.717, 1.165) is 5.56 Å². The largest absolute Gasteiger partial charge is 0.504 e. The highest BCUT2D eigenvalue weighted by atomic mass is 19.1. The molecule has 0 saturated heterocycles. The van der Waals surface area contributed by atoms with Crippen LogP contribution < -0.4 is 5.32 Å². The number of fused-ring (bicyclic) bond motifs is 1. The van der Waals surface area contributed by atoms with Crippen LogP contribution in [0.3, 0.4) is 0 Å². The number of ether oxygens (including phenoxy) is 1. The smallest absolute Gasteiger partial charge is 0.347 e. The minimum absolute atomic E-state index is 0.0295. The minimum Gasteiger partial charge on any atom is -0.504 e. The molecule has 1 aromatic carbocycles. The second-order valence-corrected chi connectivity index (χ2v) is 8.22. The Morgan fingerprint density at radius 2 is 1.94 bits per heavy atom. The van der Waals surface area contributed by atoms with Gasteiger partial charge in [0.05, 0.1) is 6.10 Å². The zero-order chi connectivity index (χ0) is 23.7. The van der Waals surface area contributed by atoms with E-state index in [-0.39, 0.29) is 29.1 Å². The first kappa shape index (κ1) is 21.8. The zero-order valence-corrected chi connectivity index (χ0v) is 18.1. The highest BCUT2D eigenvalue weighted by Crippen LogP contribution is 2.40. The Labute approximate surface area is 194 Å². The Morgan fingerprint density at radius 1 is 1.18 bits per heavy atom. The molecule has 0 spiro atoms. The number of hydrogen-bond acceptors (Lipinski definition) is 8. The van der Waals surface area contributed by atoms with Crippen LogP contribution in [0.4, 0.5) is 21.8 Å². The number of rotatable bonds is 5. The van der Waals surface area contributed by atoms with Crippen LogP contribution in [0.25, 0.3) is 11.6 Å². The first-order valence-corrected chi connectivity index (χ1v) is 11.0. The highest BCUT2D eigenvalue weighted by Gasteiger charge is 2.30. The number of anilines is 2. The van der Waals surface area contributed by atoms with Gasteiger partial charge in [0.15, 0.2) is 22.9 Å². The van der Waals surface area contributed by atoms with Crippen LogP contribution in [0.1, 0.15) is 47.4 Å². The zero-order valence-electron chi connectivity index (χ0n) is 18.1. The fourth-order valence-corrected chi connectivity index (χ4v) is 4.03. The molecule has 1 aliphatic heterocycles. The van der Waals surface area contributed by atoms with Gasteiger partial charge in [-0.2, -0.15) is 0 Å². The number of nitrogens with zero attached hydrogens (tertiary/aromatic N) is 2. The number of hydrogen-bond donors (Lipinski definition) is 3.